The number of thiophene rings is 1. The Morgan fingerprint density at radius 2 is 1.82 bits per heavy atom. The largest absolute Gasteiger partial charge is 0.495 e. The topological polar surface area (TPSA) is 96.9 Å². The third-order valence-corrected chi connectivity index (χ3v) is 4.22. The van der Waals surface area contributed by atoms with Gasteiger partial charge in [0, 0.05) is 0 Å². The average molecular weight is 413 g/mol. The van der Waals surface area contributed by atoms with Crippen LogP contribution in [0.3, 0.4) is 0 Å². The molecular formula is C17H14F3N3O4S. The highest BCUT2D eigenvalue weighted by molar-refractivity contribution is 7.12. The quantitative estimate of drug-likeness (QED) is 0.329. The van der Waals surface area contributed by atoms with Gasteiger partial charge in [0.1, 0.15) is 11.5 Å². The number of anilines is 1. The van der Waals surface area contributed by atoms with E-state index in [1.165, 1.54) is 36.8 Å². The zero-order valence-corrected chi connectivity index (χ0v) is 15.2. The second-order valence-electron chi connectivity index (χ2n) is 5.23. The van der Waals surface area contributed by atoms with E-state index in [2.05, 4.69) is 10.4 Å². The van der Waals surface area contributed by atoms with Crippen LogP contribution in [0.5, 0.6) is 5.75 Å². The molecule has 0 radical (unpaired) electrons. The maximum absolute atomic E-state index is 13.1. The standard InChI is InChI=1S/C17H14F3N3O4S/c1-27-12-6-3-2-5-10(12)21-15(25)16(26)23-22-14(17(18,19)20)9-11(24)13-7-4-8-28-13/h2-8H,9H2,1H3,(H,21,25)(H,23,26). The van der Waals surface area contributed by atoms with Gasteiger partial charge in [-0.3, -0.25) is 14.4 Å². The zero-order valence-electron chi connectivity index (χ0n) is 14.4. The van der Waals surface area contributed by atoms with E-state index in [1.54, 1.807) is 17.5 Å². The summed E-state index contributed by atoms with van der Waals surface area (Å²) in [6.07, 6.45) is -6.03. The van der Waals surface area contributed by atoms with Gasteiger partial charge in [-0.05, 0) is 23.6 Å². The van der Waals surface area contributed by atoms with Crippen molar-refractivity contribution in [3.05, 3.63) is 46.7 Å². The van der Waals surface area contributed by atoms with Crippen molar-refractivity contribution >= 4 is 40.3 Å². The molecule has 0 saturated heterocycles. The van der Waals surface area contributed by atoms with Crippen LogP contribution in [0.2, 0.25) is 0 Å². The first kappa shape index (κ1) is 21.1. The summed E-state index contributed by atoms with van der Waals surface area (Å²) in [5.74, 6) is -3.24. The van der Waals surface area contributed by atoms with Gasteiger partial charge >= 0.3 is 18.0 Å². The number of hydrogen-bond acceptors (Lipinski definition) is 6. The molecule has 28 heavy (non-hydrogen) atoms. The number of ether oxygens (including phenoxy) is 1. The van der Waals surface area contributed by atoms with Crippen molar-refractivity contribution in [2.75, 3.05) is 12.4 Å². The molecule has 2 N–H and O–H groups in total. The molecule has 0 aliphatic carbocycles. The number of alkyl halides is 3. The Kier molecular flexibility index (Phi) is 6.88. The Morgan fingerprint density at radius 1 is 1.11 bits per heavy atom. The number of methoxy groups -OCH3 is 1. The van der Waals surface area contributed by atoms with Gasteiger partial charge in [-0.2, -0.15) is 18.3 Å². The Labute approximate surface area is 161 Å². The van der Waals surface area contributed by atoms with Crippen LogP contribution in [0.4, 0.5) is 18.9 Å². The molecule has 148 valence electrons. The van der Waals surface area contributed by atoms with Crippen LogP contribution in [0.25, 0.3) is 0 Å². The Balaban J connectivity index is 2.07. The van der Waals surface area contributed by atoms with Gasteiger partial charge in [0.2, 0.25) is 0 Å². The molecule has 0 bridgehead atoms. The monoisotopic (exact) mass is 413 g/mol. The van der Waals surface area contributed by atoms with E-state index < -0.39 is 35.9 Å². The first-order chi connectivity index (χ1) is 13.2. The smallest absolute Gasteiger partial charge is 0.431 e. The summed E-state index contributed by atoms with van der Waals surface area (Å²) in [5, 5.41) is 6.67. The maximum Gasteiger partial charge on any atom is 0.431 e. The Bertz CT molecular complexity index is 895. The molecule has 0 unspecified atom stereocenters. The lowest BCUT2D eigenvalue weighted by Gasteiger charge is -2.11. The summed E-state index contributed by atoms with van der Waals surface area (Å²) in [5.41, 5.74) is 0.152. The van der Waals surface area contributed by atoms with Gasteiger partial charge in [0.05, 0.1) is 24.1 Å². The second-order valence-corrected chi connectivity index (χ2v) is 6.18. The highest BCUT2D eigenvalue weighted by Crippen LogP contribution is 2.23. The van der Waals surface area contributed by atoms with E-state index >= 15 is 0 Å². The van der Waals surface area contributed by atoms with Crippen molar-refractivity contribution in [3.63, 3.8) is 0 Å². The molecule has 0 atom stereocenters. The van der Waals surface area contributed by atoms with E-state index in [-0.39, 0.29) is 16.3 Å². The van der Waals surface area contributed by atoms with Crippen molar-refractivity contribution in [1.82, 2.24) is 5.43 Å². The van der Waals surface area contributed by atoms with Gasteiger partial charge in [-0.1, -0.05) is 18.2 Å². The van der Waals surface area contributed by atoms with E-state index in [0.29, 0.717) is 0 Å². The summed E-state index contributed by atoms with van der Waals surface area (Å²) in [6, 6.07) is 9.04. The van der Waals surface area contributed by atoms with Crippen LogP contribution >= 0.6 is 11.3 Å². The maximum atomic E-state index is 13.1. The van der Waals surface area contributed by atoms with Crippen LogP contribution < -0.4 is 15.5 Å². The van der Waals surface area contributed by atoms with Crippen molar-refractivity contribution in [3.8, 4) is 5.75 Å². The van der Waals surface area contributed by atoms with Crippen molar-refractivity contribution in [2.24, 2.45) is 5.10 Å². The van der Waals surface area contributed by atoms with Gasteiger partial charge in [-0.15, -0.1) is 11.3 Å². The predicted molar refractivity (Wildman–Crippen MR) is 96.5 cm³/mol. The summed E-state index contributed by atoms with van der Waals surface area (Å²) >= 11 is 0.982. The number of amides is 2. The van der Waals surface area contributed by atoms with Gasteiger partial charge in [0.15, 0.2) is 5.78 Å². The lowest BCUT2D eigenvalue weighted by molar-refractivity contribution is -0.136. The minimum Gasteiger partial charge on any atom is -0.495 e. The van der Waals surface area contributed by atoms with Crippen LogP contribution in [-0.4, -0.2) is 36.6 Å². The van der Waals surface area contributed by atoms with E-state index in [9.17, 15) is 27.6 Å². The SMILES string of the molecule is COc1ccccc1NC(=O)C(=O)NN=C(CC(=O)c1cccs1)C(F)(F)F. The lowest BCUT2D eigenvalue weighted by Crippen LogP contribution is -2.35. The fraction of sp³-hybridized carbons (Fsp3) is 0.176. The fourth-order valence-electron chi connectivity index (χ4n) is 1.98. The fourth-order valence-corrected chi connectivity index (χ4v) is 2.64. The van der Waals surface area contributed by atoms with Gasteiger partial charge in [0.25, 0.3) is 0 Å². The number of halogens is 3. The van der Waals surface area contributed by atoms with Crippen molar-refractivity contribution in [1.29, 1.82) is 0 Å². The molecular weight excluding hydrogens is 399 g/mol. The lowest BCUT2D eigenvalue weighted by atomic mass is 10.1. The molecule has 11 heteroatoms. The molecule has 2 rings (SSSR count). The zero-order chi connectivity index (χ0) is 20.7. The molecule has 2 amide bonds. The first-order valence-electron chi connectivity index (χ1n) is 7.67. The third-order valence-electron chi connectivity index (χ3n) is 3.31. The van der Waals surface area contributed by atoms with E-state index in [0.717, 1.165) is 11.3 Å². The summed E-state index contributed by atoms with van der Waals surface area (Å²) in [4.78, 5) is 35.6. The molecule has 1 heterocycles. The number of hydrazone groups is 1. The summed E-state index contributed by atoms with van der Waals surface area (Å²) in [6.45, 7) is 0. The molecule has 2 aromatic rings. The molecule has 1 aromatic carbocycles. The van der Waals surface area contributed by atoms with Crippen LogP contribution in [0, 0.1) is 0 Å². The minimum atomic E-state index is -4.96. The number of carbonyl (C=O) groups is 3. The number of Topliss-reactive ketones (excluding diaryl/α,β-unsaturated/α-hetero) is 1. The van der Waals surface area contributed by atoms with Crippen LogP contribution in [0.1, 0.15) is 16.1 Å². The minimum absolute atomic E-state index is 0.122. The highest BCUT2D eigenvalue weighted by atomic mass is 32.1. The summed E-state index contributed by atoms with van der Waals surface area (Å²) in [7, 11) is 1.34. The van der Waals surface area contributed by atoms with Crippen molar-refractivity contribution < 1.29 is 32.3 Å². The van der Waals surface area contributed by atoms with Crippen LogP contribution in [-0.2, 0) is 9.59 Å². The normalized spacial score (nSPS) is 11.6. The average Bonchev–Trinajstić information content (AvgIpc) is 3.19. The first-order valence-corrected chi connectivity index (χ1v) is 8.55. The van der Waals surface area contributed by atoms with Crippen LogP contribution in [0.15, 0.2) is 46.9 Å². The van der Waals surface area contributed by atoms with E-state index in [4.69, 9.17) is 4.74 Å². The van der Waals surface area contributed by atoms with Gasteiger partial charge < -0.3 is 10.1 Å². The Hall–Kier alpha value is -3.21. The molecule has 0 saturated carbocycles. The molecule has 0 aliphatic heterocycles. The molecule has 0 fully saturated rings. The van der Waals surface area contributed by atoms with Crippen molar-refractivity contribution in [2.45, 2.75) is 12.6 Å². The number of nitrogens with zero attached hydrogens (tertiary/aromatic N) is 1. The Morgan fingerprint density at radius 3 is 2.43 bits per heavy atom. The van der Waals surface area contributed by atoms with E-state index in [1.807, 2.05) is 0 Å². The second kappa shape index (κ2) is 9.13. The number of hydrogen-bond donors (Lipinski definition) is 2. The predicted octanol–water partition coefficient (Wildman–Crippen LogP) is 3.00. The molecule has 1 aromatic heterocycles. The highest BCUT2D eigenvalue weighted by Gasteiger charge is 2.37. The number of rotatable bonds is 6. The summed E-state index contributed by atoms with van der Waals surface area (Å²) < 4.78 is 44.2. The molecule has 0 spiro atoms. The number of para-hydroxylation sites is 2. The number of carbonyl (C=O) groups excluding carboxylic acids is 3. The number of ketones is 1. The molecule has 0 aliphatic rings. The third kappa shape index (κ3) is 5.64. The van der Waals surface area contributed by atoms with Gasteiger partial charge in [-0.25, -0.2) is 5.43 Å². The number of nitrogens with one attached hydrogen (secondary N) is 2. The molecule has 7 nitrogen and oxygen atoms in total. The number of benzene rings is 1.